The molecule has 1 N–H and O–H groups in total. The number of pyridine rings is 1. The number of fused-ring (bicyclic) bond motifs is 2. The molecule has 1 aromatic carbocycles. The molecule has 190 valence electrons. The molecule has 0 saturated carbocycles. The van der Waals surface area contributed by atoms with Gasteiger partial charge in [0.15, 0.2) is 0 Å². The molecule has 0 saturated heterocycles. The van der Waals surface area contributed by atoms with Crippen molar-refractivity contribution in [3.63, 3.8) is 0 Å². The molecule has 5 rings (SSSR count). The average molecular weight is 494 g/mol. The fraction of sp³-hybridized carbons (Fsp3) is 0.323. The molecular weight excluding hydrogens is 458 g/mol. The Bertz CT molecular complexity index is 1330. The molecule has 2 aromatic heterocycles. The number of aromatic amines is 1. The number of H-pyrrole nitrogens is 1. The molecule has 0 radical (unpaired) electrons. The number of aromatic nitrogens is 3. The van der Waals surface area contributed by atoms with E-state index < -0.39 is 0 Å². The summed E-state index contributed by atoms with van der Waals surface area (Å²) in [5.41, 5.74) is 6.51. The van der Waals surface area contributed by atoms with E-state index in [0.29, 0.717) is 19.6 Å². The maximum absolute atomic E-state index is 12.7. The van der Waals surface area contributed by atoms with Crippen LogP contribution in [0.1, 0.15) is 70.2 Å². The summed E-state index contributed by atoms with van der Waals surface area (Å²) in [7, 11) is 0. The van der Waals surface area contributed by atoms with Crippen LogP contribution >= 0.6 is 0 Å². The van der Waals surface area contributed by atoms with E-state index in [1.165, 1.54) is 11.3 Å². The third-order valence-electron chi connectivity index (χ3n) is 7.22. The number of carbonyl (C=O) groups excluding carboxylic acids is 1. The Labute approximate surface area is 219 Å². The maximum Gasteiger partial charge on any atom is 0.254 e. The number of benzene rings is 1. The zero-order valence-electron chi connectivity index (χ0n) is 21.7. The Kier molecular flexibility index (Phi) is 7.76. The first-order valence-electron chi connectivity index (χ1n) is 13.2. The highest BCUT2D eigenvalue weighted by molar-refractivity contribution is 5.98. The zero-order valence-corrected chi connectivity index (χ0v) is 21.7. The third kappa shape index (κ3) is 5.65. The van der Waals surface area contributed by atoms with Crippen molar-refractivity contribution in [1.29, 1.82) is 0 Å². The van der Waals surface area contributed by atoms with Gasteiger partial charge >= 0.3 is 0 Å². The van der Waals surface area contributed by atoms with E-state index in [1.807, 2.05) is 72.7 Å². The predicted octanol–water partition coefficient (Wildman–Crippen LogP) is 5.79. The summed E-state index contributed by atoms with van der Waals surface area (Å²) in [5.74, 6) is 1.08. The van der Waals surface area contributed by atoms with E-state index in [4.69, 9.17) is 9.97 Å². The molecule has 1 atom stereocenters. The summed E-state index contributed by atoms with van der Waals surface area (Å²) in [6.45, 7) is 6.83. The molecule has 1 unspecified atom stereocenters. The Morgan fingerprint density at radius 2 is 2.00 bits per heavy atom. The number of allylic oxidation sites excluding steroid dienone is 3. The van der Waals surface area contributed by atoms with Gasteiger partial charge in [0, 0.05) is 37.1 Å². The minimum absolute atomic E-state index is 0.118. The van der Waals surface area contributed by atoms with Gasteiger partial charge in [-0.05, 0) is 62.4 Å². The van der Waals surface area contributed by atoms with E-state index >= 15 is 0 Å². The van der Waals surface area contributed by atoms with Crippen LogP contribution < -0.4 is 0 Å². The van der Waals surface area contributed by atoms with Gasteiger partial charge in [0.2, 0.25) is 0 Å². The fourth-order valence-electron chi connectivity index (χ4n) is 5.34. The van der Waals surface area contributed by atoms with Crippen LogP contribution in [0, 0.1) is 6.92 Å². The van der Waals surface area contributed by atoms with E-state index in [-0.39, 0.29) is 11.9 Å². The van der Waals surface area contributed by atoms with Crippen LogP contribution in [-0.2, 0) is 19.5 Å². The van der Waals surface area contributed by atoms with Gasteiger partial charge in [0.25, 0.3) is 5.91 Å². The Hall–Kier alpha value is -3.77. The van der Waals surface area contributed by atoms with Gasteiger partial charge in [-0.1, -0.05) is 54.6 Å². The summed E-state index contributed by atoms with van der Waals surface area (Å²) in [5, 5.41) is 0. The molecule has 3 aromatic rings. The summed E-state index contributed by atoms with van der Waals surface area (Å²) in [6.07, 6.45) is 17.6. The van der Waals surface area contributed by atoms with Crippen molar-refractivity contribution >= 4 is 12.0 Å². The lowest BCUT2D eigenvalue weighted by Crippen LogP contribution is -2.32. The zero-order chi connectivity index (χ0) is 25.6. The van der Waals surface area contributed by atoms with Crippen molar-refractivity contribution in [2.24, 2.45) is 0 Å². The fourth-order valence-corrected chi connectivity index (χ4v) is 5.34. The van der Waals surface area contributed by atoms with Gasteiger partial charge < -0.3 is 9.88 Å². The monoisotopic (exact) mass is 493 g/mol. The molecule has 6 nitrogen and oxygen atoms in total. The molecule has 1 aliphatic heterocycles. The van der Waals surface area contributed by atoms with Gasteiger partial charge in [0.05, 0.1) is 24.0 Å². The smallest absolute Gasteiger partial charge is 0.254 e. The van der Waals surface area contributed by atoms with Crippen LogP contribution in [0.5, 0.6) is 0 Å². The second kappa shape index (κ2) is 11.5. The number of nitrogens with zero attached hydrogens (tertiary/aromatic N) is 4. The number of nitrogens with one attached hydrogen (secondary N) is 1. The quantitative estimate of drug-likeness (QED) is 0.302. The Balaban J connectivity index is 1.32. The highest BCUT2D eigenvalue weighted by Gasteiger charge is 2.28. The number of amides is 1. The number of hydrogen-bond acceptors (Lipinski definition) is 4. The summed E-state index contributed by atoms with van der Waals surface area (Å²) in [6, 6.07) is 12.4. The van der Waals surface area contributed by atoms with Crippen molar-refractivity contribution in [2.45, 2.75) is 52.2 Å². The molecule has 2 aliphatic rings. The lowest BCUT2D eigenvalue weighted by atomic mass is 9.90. The summed E-state index contributed by atoms with van der Waals surface area (Å²) >= 11 is 0. The van der Waals surface area contributed by atoms with Crippen LogP contribution in [0.25, 0.3) is 6.08 Å². The number of rotatable bonds is 9. The predicted molar refractivity (Wildman–Crippen MR) is 148 cm³/mol. The summed E-state index contributed by atoms with van der Waals surface area (Å²) < 4.78 is 0. The summed E-state index contributed by atoms with van der Waals surface area (Å²) in [4.78, 5) is 30.3. The third-order valence-corrected chi connectivity index (χ3v) is 7.22. The molecule has 37 heavy (non-hydrogen) atoms. The molecule has 6 heteroatoms. The second-order valence-electron chi connectivity index (χ2n) is 9.78. The highest BCUT2D eigenvalue weighted by Crippen LogP contribution is 2.33. The number of aryl methyl sites for hydroxylation is 2. The Morgan fingerprint density at radius 1 is 1.14 bits per heavy atom. The lowest BCUT2D eigenvalue weighted by molar-refractivity contribution is 0.0796. The van der Waals surface area contributed by atoms with E-state index in [2.05, 4.69) is 35.0 Å². The minimum Gasteiger partial charge on any atom is -0.344 e. The Morgan fingerprint density at radius 3 is 2.86 bits per heavy atom. The average Bonchev–Trinajstić information content (AvgIpc) is 3.44. The number of hydrogen-bond donors (Lipinski definition) is 1. The lowest BCUT2D eigenvalue weighted by Gasteiger charge is -2.34. The molecule has 3 heterocycles. The first-order valence-corrected chi connectivity index (χ1v) is 13.2. The molecule has 0 spiro atoms. The SMILES string of the molecule is C/C=C\C=C/c1nc(CN(C/C=C/CN2Cc3ccccc3C2=O)C2CCCc3cccnc32)[nH]c1C. The molecule has 0 fully saturated rings. The highest BCUT2D eigenvalue weighted by atomic mass is 16.2. The van der Waals surface area contributed by atoms with Crippen LogP contribution in [0.4, 0.5) is 0 Å². The maximum atomic E-state index is 12.7. The van der Waals surface area contributed by atoms with E-state index in [0.717, 1.165) is 54.1 Å². The van der Waals surface area contributed by atoms with Crippen LogP contribution in [-0.4, -0.2) is 43.7 Å². The van der Waals surface area contributed by atoms with E-state index in [1.54, 1.807) is 0 Å². The molecular formula is C31H35N5O. The topological polar surface area (TPSA) is 65.1 Å². The van der Waals surface area contributed by atoms with Crippen molar-refractivity contribution < 1.29 is 4.79 Å². The molecule has 0 bridgehead atoms. The number of imidazole rings is 1. The van der Waals surface area contributed by atoms with Gasteiger partial charge in [-0.15, -0.1) is 0 Å². The van der Waals surface area contributed by atoms with Gasteiger partial charge in [-0.3, -0.25) is 14.7 Å². The second-order valence-corrected chi connectivity index (χ2v) is 9.78. The van der Waals surface area contributed by atoms with Crippen molar-refractivity contribution in [2.75, 3.05) is 13.1 Å². The standard InChI is InChI=1S/C31H35N5O/c1-3-4-5-16-27-23(2)33-29(34-27)22-35(28-17-10-13-24-14-11-18-32-30(24)28)19-8-9-20-36-21-25-12-6-7-15-26(25)31(36)37/h3-9,11-12,14-16,18,28H,10,13,17,19-22H2,1-2H3,(H,33,34)/b4-3-,9-8+,16-5-. The van der Waals surface area contributed by atoms with Crippen LogP contribution in [0.15, 0.2) is 73.0 Å². The van der Waals surface area contributed by atoms with Crippen molar-refractivity contribution in [1.82, 2.24) is 24.8 Å². The minimum atomic E-state index is 0.118. The van der Waals surface area contributed by atoms with Gasteiger partial charge in [0.1, 0.15) is 5.82 Å². The van der Waals surface area contributed by atoms with Gasteiger partial charge in [-0.2, -0.15) is 0 Å². The largest absolute Gasteiger partial charge is 0.344 e. The first kappa shape index (κ1) is 24.9. The normalized spacial score (nSPS) is 17.5. The van der Waals surface area contributed by atoms with Crippen molar-refractivity contribution in [3.8, 4) is 0 Å². The molecule has 1 aliphatic carbocycles. The molecule has 1 amide bonds. The van der Waals surface area contributed by atoms with Crippen molar-refractivity contribution in [3.05, 3.63) is 113 Å². The van der Waals surface area contributed by atoms with Crippen LogP contribution in [0.2, 0.25) is 0 Å². The first-order chi connectivity index (χ1) is 18.1. The van der Waals surface area contributed by atoms with Crippen LogP contribution in [0.3, 0.4) is 0 Å². The van der Waals surface area contributed by atoms with Gasteiger partial charge in [-0.25, -0.2) is 4.98 Å². The van der Waals surface area contributed by atoms with E-state index in [9.17, 15) is 4.79 Å². The number of carbonyl (C=O) groups is 1.